The van der Waals surface area contributed by atoms with Crippen LogP contribution in [0, 0.1) is 6.92 Å². The van der Waals surface area contributed by atoms with E-state index in [4.69, 9.17) is 5.84 Å². The highest BCUT2D eigenvalue weighted by Gasteiger charge is 2.11. The lowest BCUT2D eigenvalue weighted by Crippen LogP contribution is -2.12. The highest BCUT2D eigenvalue weighted by atomic mass is 15.4. The Kier molecular flexibility index (Phi) is 3.52. The molecule has 0 aromatic carbocycles. The van der Waals surface area contributed by atoms with E-state index in [9.17, 15) is 0 Å². The van der Waals surface area contributed by atoms with Crippen LogP contribution in [0.2, 0.25) is 0 Å². The molecule has 0 fully saturated rings. The van der Waals surface area contributed by atoms with Crippen LogP contribution in [0.1, 0.15) is 31.3 Å². The number of anilines is 1. The highest BCUT2D eigenvalue weighted by Crippen LogP contribution is 2.12. The highest BCUT2D eigenvalue weighted by molar-refractivity contribution is 5.40. The summed E-state index contributed by atoms with van der Waals surface area (Å²) in [4.78, 5) is 13.0. The molecule has 7 heteroatoms. The van der Waals surface area contributed by atoms with Crippen LogP contribution in [0.5, 0.6) is 0 Å². The molecular weight excluding hydrogens is 230 g/mol. The van der Waals surface area contributed by atoms with Gasteiger partial charge in [0, 0.05) is 18.9 Å². The molecule has 0 aliphatic rings. The first-order valence-corrected chi connectivity index (χ1v) is 5.95. The van der Waals surface area contributed by atoms with Gasteiger partial charge in [0.1, 0.15) is 17.5 Å². The van der Waals surface area contributed by atoms with Crippen molar-refractivity contribution >= 4 is 5.82 Å². The van der Waals surface area contributed by atoms with Crippen molar-refractivity contribution in [1.82, 2.24) is 24.7 Å². The molecule has 0 aliphatic carbocycles. The van der Waals surface area contributed by atoms with Gasteiger partial charge in [-0.05, 0) is 6.92 Å². The number of hydrogen-bond donors (Lipinski definition) is 2. The number of hydrazine groups is 1. The number of nitrogens with one attached hydrogen (secondary N) is 1. The van der Waals surface area contributed by atoms with E-state index in [2.05, 4.69) is 25.5 Å². The lowest BCUT2D eigenvalue weighted by atomic mass is 10.4. The molecule has 3 N–H and O–H groups in total. The van der Waals surface area contributed by atoms with Gasteiger partial charge in [-0.1, -0.05) is 13.8 Å². The van der Waals surface area contributed by atoms with Crippen LogP contribution < -0.4 is 11.3 Å². The summed E-state index contributed by atoms with van der Waals surface area (Å²) in [5.41, 5.74) is 2.52. The van der Waals surface area contributed by atoms with Gasteiger partial charge in [0.15, 0.2) is 11.6 Å². The van der Waals surface area contributed by atoms with Gasteiger partial charge in [0.05, 0.1) is 0 Å². The molecule has 0 spiro atoms. The summed E-state index contributed by atoms with van der Waals surface area (Å²) >= 11 is 0. The van der Waals surface area contributed by atoms with Crippen LogP contribution in [0.25, 0.3) is 5.82 Å². The number of nitrogens with zero attached hydrogens (tertiary/aromatic N) is 5. The minimum absolute atomic E-state index is 0.563. The largest absolute Gasteiger partial charge is 0.308 e. The lowest BCUT2D eigenvalue weighted by molar-refractivity contribution is 0.760. The first kappa shape index (κ1) is 12.4. The molecule has 0 saturated heterocycles. The zero-order valence-electron chi connectivity index (χ0n) is 10.8. The van der Waals surface area contributed by atoms with Crippen molar-refractivity contribution in [2.75, 3.05) is 5.43 Å². The van der Waals surface area contributed by atoms with Gasteiger partial charge in [-0.25, -0.2) is 20.8 Å². The van der Waals surface area contributed by atoms with E-state index < -0.39 is 0 Å². The van der Waals surface area contributed by atoms with Crippen LogP contribution in [0.3, 0.4) is 0 Å². The second-order valence-electron chi connectivity index (χ2n) is 3.87. The standard InChI is InChI=1S/C11H17N7/c1-4-8-15-10(5-2)18(17-8)11-6-9(16-12)13-7(3)14-11/h6H,4-5,12H2,1-3H3,(H,13,14,16). The third-order valence-electron chi connectivity index (χ3n) is 2.54. The van der Waals surface area contributed by atoms with Crippen molar-refractivity contribution < 1.29 is 0 Å². The number of rotatable bonds is 4. The smallest absolute Gasteiger partial charge is 0.161 e. The predicted molar refractivity (Wildman–Crippen MR) is 68.3 cm³/mol. The molecule has 2 heterocycles. The Morgan fingerprint density at radius 1 is 1.22 bits per heavy atom. The molecule has 2 rings (SSSR count). The van der Waals surface area contributed by atoms with E-state index in [0.29, 0.717) is 17.5 Å². The Bertz CT molecular complexity index is 546. The topological polar surface area (TPSA) is 94.5 Å². The fraction of sp³-hybridized carbons (Fsp3) is 0.455. The summed E-state index contributed by atoms with van der Waals surface area (Å²) in [6.07, 6.45) is 1.59. The average molecular weight is 247 g/mol. The van der Waals surface area contributed by atoms with E-state index >= 15 is 0 Å². The van der Waals surface area contributed by atoms with Crippen molar-refractivity contribution in [2.45, 2.75) is 33.6 Å². The van der Waals surface area contributed by atoms with Gasteiger partial charge < -0.3 is 5.43 Å². The Balaban J connectivity index is 2.53. The summed E-state index contributed by atoms with van der Waals surface area (Å²) in [7, 11) is 0. The zero-order valence-corrected chi connectivity index (χ0v) is 10.8. The van der Waals surface area contributed by atoms with E-state index in [1.807, 2.05) is 20.8 Å². The Labute approximate surface area is 105 Å². The molecule has 96 valence electrons. The zero-order chi connectivity index (χ0) is 13.1. The van der Waals surface area contributed by atoms with Crippen LogP contribution in [0.4, 0.5) is 5.82 Å². The maximum atomic E-state index is 5.38. The lowest BCUT2D eigenvalue weighted by Gasteiger charge is -2.06. The Morgan fingerprint density at radius 3 is 2.61 bits per heavy atom. The number of aryl methyl sites for hydroxylation is 3. The molecule has 0 saturated carbocycles. The molecule has 0 bridgehead atoms. The maximum Gasteiger partial charge on any atom is 0.161 e. The van der Waals surface area contributed by atoms with Gasteiger partial charge in [0.25, 0.3) is 0 Å². The second kappa shape index (κ2) is 5.09. The molecular formula is C11H17N7. The van der Waals surface area contributed by atoms with Crippen molar-refractivity contribution in [3.8, 4) is 5.82 Å². The number of nitrogens with two attached hydrogens (primary N) is 1. The minimum Gasteiger partial charge on any atom is -0.308 e. The van der Waals surface area contributed by atoms with Crippen molar-refractivity contribution in [3.05, 3.63) is 23.5 Å². The SMILES string of the molecule is CCc1nc(CC)n(-c2cc(NN)nc(C)n2)n1. The molecule has 18 heavy (non-hydrogen) atoms. The summed E-state index contributed by atoms with van der Waals surface area (Å²) < 4.78 is 1.74. The Morgan fingerprint density at radius 2 is 2.00 bits per heavy atom. The maximum absolute atomic E-state index is 5.38. The van der Waals surface area contributed by atoms with Crippen molar-refractivity contribution in [1.29, 1.82) is 0 Å². The number of hydrogen-bond acceptors (Lipinski definition) is 6. The van der Waals surface area contributed by atoms with Crippen LogP contribution in [0.15, 0.2) is 6.07 Å². The number of aromatic nitrogens is 5. The van der Waals surface area contributed by atoms with Gasteiger partial charge in [-0.2, -0.15) is 4.68 Å². The van der Waals surface area contributed by atoms with E-state index in [1.165, 1.54) is 0 Å². The molecule has 7 nitrogen and oxygen atoms in total. The van der Waals surface area contributed by atoms with Crippen molar-refractivity contribution in [3.63, 3.8) is 0 Å². The van der Waals surface area contributed by atoms with Gasteiger partial charge in [0.2, 0.25) is 0 Å². The quantitative estimate of drug-likeness (QED) is 0.612. The monoisotopic (exact) mass is 247 g/mol. The third kappa shape index (κ3) is 2.30. The summed E-state index contributed by atoms with van der Waals surface area (Å²) in [6, 6.07) is 1.75. The van der Waals surface area contributed by atoms with Crippen LogP contribution in [-0.4, -0.2) is 24.7 Å². The molecule has 0 amide bonds. The first-order chi connectivity index (χ1) is 8.67. The summed E-state index contributed by atoms with van der Waals surface area (Å²) in [5, 5.41) is 4.43. The predicted octanol–water partition coefficient (Wildman–Crippen LogP) is 0.776. The molecule has 0 atom stereocenters. The van der Waals surface area contributed by atoms with Crippen molar-refractivity contribution in [2.24, 2.45) is 5.84 Å². The molecule has 2 aromatic rings. The minimum atomic E-state index is 0.563. The molecule has 0 aliphatic heterocycles. The van der Waals surface area contributed by atoms with Crippen LogP contribution in [-0.2, 0) is 12.8 Å². The molecule has 0 unspecified atom stereocenters. The second-order valence-corrected chi connectivity index (χ2v) is 3.87. The van der Waals surface area contributed by atoms with E-state index in [1.54, 1.807) is 10.7 Å². The summed E-state index contributed by atoms with van der Waals surface area (Å²) in [5.74, 6) is 8.95. The van der Waals surface area contributed by atoms with Gasteiger partial charge in [-0.15, -0.1) is 5.10 Å². The van der Waals surface area contributed by atoms with E-state index in [-0.39, 0.29) is 0 Å². The molecule has 2 aromatic heterocycles. The molecule has 0 radical (unpaired) electrons. The van der Waals surface area contributed by atoms with Crippen LogP contribution >= 0.6 is 0 Å². The summed E-state index contributed by atoms with van der Waals surface area (Å²) in [6.45, 7) is 5.88. The van der Waals surface area contributed by atoms with Gasteiger partial charge in [-0.3, -0.25) is 0 Å². The Hall–Kier alpha value is -2.02. The normalized spacial score (nSPS) is 10.7. The van der Waals surface area contributed by atoms with Gasteiger partial charge >= 0.3 is 0 Å². The number of nitrogen functional groups attached to an aromatic ring is 1. The van der Waals surface area contributed by atoms with E-state index in [0.717, 1.165) is 24.5 Å². The fourth-order valence-electron chi connectivity index (χ4n) is 1.69. The first-order valence-electron chi connectivity index (χ1n) is 5.95. The third-order valence-corrected chi connectivity index (χ3v) is 2.54. The average Bonchev–Trinajstić information content (AvgIpc) is 2.81. The fourth-order valence-corrected chi connectivity index (χ4v) is 1.69.